The quantitative estimate of drug-likeness (QED) is 0.438. The second kappa shape index (κ2) is 9.81. The zero-order valence-corrected chi connectivity index (χ0v) is 21.3. The van der Waals surface area contributed by atoms with Crippen molar-refractivity contribution in [1.82, 2.24) is 10.2 Å². The van der Waals surface area contributed by atoms with Gasteiger partial charge in [0, 0.05) is 4.88 Å². The Morgan fingerprint density at radius 2 is 1.86 bits per heavy atom. The minimum atomic E-state index is -1.21. The van der Waals surface area contributed by atoms with Gasteiger partial charge in [0.25, 0.3) is 5.91 Å². The Balaban J connectivity index is 1.55. The van der Waals surface area contributed by atoms with Crippen molar-refractivity contribution < 1.29 is 23.9 Å². The molecule has 4 amide bonds. The number of ether oxygens (including phenoxy) is 1. The molecule has 8 nitrogen and oxygen atoms in total. The number of urea groups is 1. The summed E-state index contributed by atoms with van der Waals surface area (Å²) in [5.74, 6) is -1.47. The number of fused-ring (bicyclic) bond motifs is 1. The third-order valence-corrected chi connectivity index (χ3v) is 7.73. The van der Waals surface area contributed by atoms with Crippen molar-refractivity contribution >= 4 is 40.2 Å². The fourth-order valence-electron chi connectivity index (χ4n) is 4.70. The topological polar surface area (TPSA) is 105 Å². The number of hydrogen-bond acceptors (Lipinski definition) is 6. The summed E-state index contributed by atoms with van der Waals surface area (Å²) in [6.45, 7) is 6.88. The molecule has 1 fully saturated rings. The SMILES string of the molecule is CC[C@@]1(c2ccc(C)cc2)NC(=O)N(CC(=O)Nc2sc3c(c2C(=O)OC(C)C)CCCC3)C1=O. The molecule has 0 radical (unpaired) electrons. The molecule has 0 unspecified atom stereocenters. The summed E-state index contributed by atoms with van der Waals surface area (Å²) in [7, 11) is 0. The van der Waals surface area contributed by atoms with E-state index in [1.807, 2.05) is 38.1 Å². The number of nitrogens with one attached hydrogen (secondary N) is 2. The van der Waals surface area contributed by atoms with Crippen molar-refractivity contribution in [3.63, 3.8) is 0 Å². The highest BCUT2D eigenvalue weighted by molar-refractivity contribution is 7.17. The number of imide groups is 1. The first-order valence-electron chi connectivity index (χ1n) is 12.0. The van der Waals surface area contributed by atoms with E-state index in [2.05, 4.69) is 10.6 Å². The van der Waals surface area contributed by atoms with Crippen molar-refractivity contribution in [2.75, 3.05) is 11.9 Å². The lowest BCUT2D eigenvalue weighted by molar-refractivity contribution is -0.134. The highest BCUT2D eigenvalue weighted by atomic mass is 32.1. The van der Waals surface area contributed by atoms with Gasteiger partial charge in [-0.15, -0.1) is 11.3 Å². The van der Waals surface area contributed by atoms with E-state index in [4.69, 9.17) is 4.74 Å². The summed E-state index contributed by atoms with van der Waals surface area (Å²) >= 11 is 1.37. The number of aryl methyl sites for hydroxylation is 2. The molecule has 1 aromatic carbocycles. The molecule has 2 N–H and O–H groups in total. The molecule has 35 heavy (non-hydrogen) atoms. The van der Waals surface area contributed by atoms with E-state index in [1.165, 1.54) is 11.3 Å². The third kappa shape index (κ3) is 4.69. The number of esters is 1. The summed E-state index contributed by atoms with van der Waals surface area (Å²) in [4.78, 5) is 54.1. The van der Waals surface area contributed by atoms with E-state index >= 15 is 0 Å². The molecule has 4 rings (SSSR count). The zero-order valence-electron chi connectivity index (χ0n) is 20.5. The van der Waals surface area contributed by atoms with Gasteiger partial charge in [0.1, 0.15) is 17.1 Å². The molecule has 2 aliphatic rings. The van der Waals surface area contributed by atoms with Crippen molar-refractivity contribution in [3.05, 3.63) is 51.4 Å². The molecule has 0 saturated carbocycles. The lowest BCUT2D eigenvalue weighted by Gasteiger charge is -2.25. The van der Waals surface area contributed by atoms with Gasteiger partial charge in [0.2, 0.25) is 5.91 Å². The van der Waals surface area contributed by atoms with Crippen molar-refractivity contribution in [2.45, 2.75) is 71.4 Å². The van der Waals surface area contributed by atoms with Crippen molar-refractivity contribution in [3.8, 4) is 0 Å². The minimum absolute atomic E-state index is 0.292. The van der Waals surface area contributed by atoms with Gasteiger partial charge >= 0.3 is 12.0 Å². The van der Waals surface area contributed by atoms with Crippen LogP contribution in [-0.2, 0) is 32.7 Å². The normalized spacial score (nSPS) is 19.5. The summed E-state index contributed by atoms with van der Waals surface area (Å²) in [5.41, 5.74) is 1.84. The first kappa shape index (κ1) is 24.9. The Morgan fingerprint density at radius 1 is 1.17 bits per heavy atom. The van der Waals surface area contributed by atoms with Crippen LogP contribution in [0.15, 0.2) is 24.3 Å². The average Bonchev–Trinajstić information content (AvgIpc) is 3.29. The number of carbonyl (C=O) groups excluding carboxylic acids is 4. The average molecular weight is 498 g/mol. The number of anilines is 1. The highest BCUT2D eigenvalue weighted by Gasteiger charge is 2.51. The van der Waals surface area contributed by atoms with Gasteiger partial charge < -0.3 is 15.4 Å². The van der Waals surface area contributed by atoms with Gasteiger partial charge in [-0.3, -0.25) is 14.5 Å². The van der Waals surface area contributed by atoms with Crippen LogP contribution in [0.1, 0.15) is 72.0 Å². The van der Waals surface area contributed by atoms with Crippen LogP contribution in [0.5, 0.6) is 0 Å². The van der Waals surface area contributed by atoms with Crippen LogP contribution < -0.4 is 10.6 Å². The maximum Gasteiger partial charge on any atom is 0.341 e. The van der Waals surface area contributed by atoms with Crippen molar-refractivity contribution in [2.24, 2.45) is 0 Å². The first-order valence-corrected chi connectivity index (χ1v) is 12.8. The standard InChI is InChI=1S/C26H31N3O5S/c1-5-26(17-12-10-16(4)11-13-17)24(32)29(25(33)28-26)14-20(30)27-22-21(23(31)34-15(2)3)18-8-6-7-9-19(18)35-22/h10-13,15H,5-9,14H2,1-4H3,(H,27,30)(H,28,33)/t26-/m0/s1. The van der Waals surface area contributed by atoms with Gasteiger partial charge in [-0.25, -0.2) is 9.59 Å². The van der Waals surface area contributed by atoms with Crippen LogP contribution in [-0.4, -0.2) is 41.4 Å². The third-order valence-electron chi connectivity index (χ3n) is 6.52. The van der Waals surface area contributed by atoms with E-state index in [1.54, 1.807) is 13.8 Å². The number of nitrogens with zero attached hydrogens (tertiary/aromatic N) is 1. The predicted molar refractivity (Wildman–Crippen MR) is 134 cm³/mol. The molecule has 0 bridgehead atoms. The van der Waals surface area contributed by atoms with Crippen LogP contribution >= 0.6 is 11.3 Å². The number of amides is 4. The van der Waals surface area contributed by atoms with E-state index in [0.717, 1.165) is 46.6 Å². The van der Waals surface area contributed by atoms with Crippen LogP contribution in [0.3, 0.4) is 0 Å². The van der Waals surface area contributed by atoms with Crippen LogP contribution in [0.2, 0.25) is 0 Å². The summed E-state index contributed by atoms with van der Waals surface area (Å²) < 4.78 is 5.44. The van der Waals surface area contributed by atoms with E-state index in [9.17, 15) is 19.2 Å². The van der Waals surface area contributed by atoms with E-state index in [0.29, 0.717) is 22.5 Å². The van der Waals surface area contributed by atoms with E-state index in [-0.39, 0.29) is 6.10 Å². The second-order valence-electron chi connectivity index (χ2n) is 9.36. The molecule has 1 aliphatic heterocycles. The molecule has 9 heteroatoms. The molecule has 186 valence electrons. The molecule has 2 aromatic rings. The van der Waals surface area contributed by atoms with Gasteiger partial charge in [0.15, 0.2) is 0 Å². The Labute approximate surface area is 209 Å². The fraction of sp³-hybridized carbons (Fsp3) is 0.462. The molecule has 1 saturated heterocycles. The smallest absolute Gasteiger partial charge is 0.341 e. The number of hydrogen-bond donors (Lipinski definition) is 2. The van der Waals surface area contributed by atoms with Gasteiger partial charge in [-0.2, -0.15) is 0 Å². The summed E-state index contributed by atoms with van der Waals surface area (Å²) in [6.07, 6.45) is 3.66. The molecule has 0 spiro atoms. The second-order valence-corrected chi connectivity index (χ2v) is 10.5. The van der Waals surface area contributed by atoms with Crippen LogP contribution in [0, 0.1) is 6.92 Å². The largest absolute Gasteiger partial charge is 0.459 e. The van der Waals surface area contributed by atoms with Crippen molar-refractivity contribution in [1.29, 1.82) is 0 Å². The molecular formula is C26H31N3O5S. The number of benzene rings is 1. The number of thiophene rings is 1. The predicted octanol–water partition coefficient (Wildman–Crippen LogP) is 4.30. The zero-order chi connectivity index (χ0) is 25.3. The van der Waals surface area contributed by atoms with Gasteiger partial charge in [0.05, 0.1) is 11.7 Å². The number of carbonyl (C=O) groups is 4. The number of rotatable bonds is 7. The molecule has 1 aromatic heterocycles. The van der Waals surface area contributed by atoms with Gasteiger partial charge in [-0.05, 0) is 64.0 Å². The minimum Gasteiger partial charge on any atom is -0.459 e. The molecular weight excluding hydrogens is 466 g/mol. The Kier molecular flexibility index (Phi) is 6.98. The monoisotopic (exact) mass is 497 g/mol. The highest BCUT2D eigenvalue weighted by Crippen LogP contribution is 2.39. The molecule has 1 aliphatic carbocycles. The lowest BCUT2D eigenvalue weighted by Crippen LogP contribution is -2.44. The molecule has 1 atom stereocenters. The first-order chi connectivity index (χ1) is 16.7. The Hall–Kier alpha value is -3.20. The van der Waals surface area contributed by atoms with Crippen LogP contribution in [0.25, 0.3) is 0 Å². The Morgan fingerprint density at radius 3 is 2.51 bits per heavy atom. The van der Waals surface area contributed by atoms with Crippen LogP contribution in [0.4, 0.5) is 9.80 Å². The summed E-state index contributed by atoms with van der Waals surface area (Å²) in [6, 6.07) is 6.81. The maximum atomic E-state index is 13.4. The Bertz CT molecular complexity index is 1170. The van der Waals surface area contributed by atoms with Gasteiger partial charge in [-0.1, -0.05) is 36.8 Å². The molecule has 2 heterocycles. The van der Waals surface area contributed by atoms with E-state index < -0.39 is 35.9 Å². The lowest BCUT2D eigenvalue weighted by atomic mass is 9.87. The maximum absolute atomic E-state index is 13.4. The fourth-order valence-corrected chi connectivity index (χ4v) is 5.99. The summed E-state index contributed by atoms with van der Waals surface area (Å²) in [5, 5.41) is 6.00.